The maximum atomic E-state index is 9.91. The predicted molar refractivity (Wildman–Crippen MR) is 61.0 cm³/mol. The number of nitrogens with zero attached hydrogens (tertiary/aromatic N) is 1. The van der Waals surface area contributed by atoms with Crippen LogP contribution >= 0.6 is 11.6 Å². The van der Waals surface area contributed by atoms with Crippen molar-refractivity contribution in [1.29, 1.82) is 0 Å². The molecule has 1 aromatic rings. The molecule has 16 heavy (non-hydrogen) atoms. The number of aliphatic hydroxyl groups is 1. The molecule has 0 saturated carbocycles. The van der Waals surface area contributed by atoms with Crippen molar-refractivity contribution in [2.45, 2.75) is 25.5 Å². The minimum absolute atomic E-state index is 0.0287. The molecule has 4 nitrogen and oxygen atoms in total. The van der Waals surface area contributed by atoms with Gasteiger partial charge in [-0.15, -0.1) is 11.6 Å². The molecule has 1 atom stereocenters. The first-order chi connectivity index (χ1) is 7.65. The van der Waals surface area contributed by atoms with E-state index < -0.39 is 6.10 Å². The van der Waals surface area contributed by atoms with Crippen molar-refractivity contribution in [3.63, 3.8) is 0 Å². The Kier molecular flexibility index (Phi) is 3.12. The summed E-state index contributed by atoms with van der Waals surface area (Å²) >= 11 is 5.49. The molecule has 2 rings (SSSR count). The summed E-state index contributed by atoms with van der Waals surface area (Å²) in [6.45, 7) is 0.105. The minimum Gasteiger partial charge on any atom is -0.494 e. The highest BCUT2D eigenvalue weighted by molar-refractivity contribution is 6.18. The number of allylic oxidation sites excluding steroid dienone is 2. The van der Waals surface area contributed by atoms with Crippen LogP contribution in [0.3, 0.4) is 0 Å². The van der Waals surface area contributed by atoms with E-state index in [0.717, 1.165) is 11.1 Å². The number of fused-ring (bicyclic) bond motifs is 1. The second kappa shape index (κ2) is 4.39. The Hall–Kier alpha value is -1.13. The van der Waals surface area contributed by atoms with Gasteiger partial charge in [-0.25, -0.2) is 0 Å². The van der Waals surface area contributed by atoms with Crippen molar-refractivity contribution < 1.29 is 15.3 Å². The molecule has 0 aliphatic heterocycles. The Labute approximate surface area is 98.4 Å². The third kappa shape index (κ3) is 1.79. The third-order valence-electron chi connectivity index (χ3n) is 2.80. The lowest BCUT2D eigenvalue weighted by Gasteiger charge is -2.10. The molecule has 0 radical (unpaired) electrons. The molecule has 1 aliphatic carbocycles. The first-order valence-electron chi connectivity index (χ1n) is 5.16. The number of aromatic hydroxyl groups is 2. The van der Waals surface area contributed by atoms with E-state index in [-0.39, 0.29) is 24.2 Å². The molecule has 0 spiro atoms. The molecular formula is C11H14ClNO3. The summed E-state index contributed by atoms with van der Waals surface area (Å²) in [6, 6.07) is 0. The van der Waals surface area contributed by atoms with Gasteiger partial charge in [0.15, 0.2) is 11.8 Å². The van der Waals surface area contributed by atoms with Gasteiger partial charge >= 0.3 is 0 Å². The molecule has 1 unspecified atom stereocenters. The van der Waals surface area contributed by atoms with Gasteiger partial charge in [0, 0.05) is 11.1 Å². The lowest BCUT2D eigenvalue weighted by Crippen LogP contribution is -2.16. The zero-order valence-electron chi connectivity index (χ0n) is 8.73. The summed E-state index contributed by atoms with van der Waals surface area (Å²) in [4.78, 5) is 0. The van der Waals surface area contributed by atoms with Crippen molar-refractivity contribution in [1.82, 2.24) is 4.57 Å². The number of halogens is 1. The van der Waals surface area contributed by atoms with E-state index in [0.29, 0.717) is 12.8 Å². The largest absolute Gasteiger partial charge is 0.494 e. The Bertz CT molecular complexity index is 394. The van der Waals surface area contributed by atoms with Crippen molar-refractivity contribution in [3.8, 4) is 11.8 Å². The number of hydrogen-bond acceptors (Lipinski definition) is 3. The van der Waals surface area contributed by atoms with Crippen LogP contribution in [-0.4, -0.2) is 31.9 Å². The Morgan fingerprint density at radius 3 is 2.12 bits per heavy atom. The molecule has 0 bridgehead atoms. The van der Waals surface area contributed by atoms with Crippen LogP contribution in [-0.2, 0) is 19.4 Å². The van der Waals surface area contributed by atoms with Crippen LogP contribution in [0.15, 0.2) is 12.2 Å². The van der Waals surface area contributed by atoms with Crippen molar-refractivity contribution in [2.75, 3.05) is 5.88 Å². The fraction of sp³-hybridized carbons (Fsp3) is 0.455. The van der Waals surface area contributed by atoms with Crippen LogP contribution < -0.4 is 0 Å². The number of aromatic nitrogens is 1. The van der Waals surface area contributed by atoms with E-state index in [4.69, 9.17) is 11.6 Å². The summed E-state index contributed by atoms with van der Waals surface area (Å²) in [6.07, 6.45) is 4.34. The predicted octanol–water partition coefficient (Wildman–Crippen LogP) is 1.15. The lowest BCUT2D eigenvalue weighted by molar-refractivity contribution is 0.167. The number of hydrogen-bond donors (Lipinski definition) is 3. The van der Waals surface area contributed by atoms with Gasteiger partial charge in [0.05, 0.1) is 18.5 Å². The number of aliphatic hydroxyl groups excluding tert-OH is 1. The molecule has 0 saturated heterocycles. The Balaban J connectivity index is 2.36. The van der Waals surface area contributed by atoms with E-state index in [1.54, 1.807) is 0 Å². The summed E-state index contributed by atoms with van der Waals surface area (Å²) in [5.74, 6) is 0.127. The fourth-order valence-electron chi connectivity index (χ4n) is 1.96. The first-order valence-corrected chi connectivity index (χ1v) is 5.69. The number of rotatable bonds is 3. The normalized spacial score (nSPS) is 16.1. The highest BCUT2D eigenvalue weighted by Gasteiger charge is 2.23. The highest BCUT2D eigenvalue weighted by atomic mass is 35.5. The average molecular weight is 244 g/mol. The van der Waals surface area contributed by atoms with Crippen LogP contribution in [0.1, 0.15) is 11.1 Å². The van der Waals surface area contributed by atoms with E-state index in [2.05, 4.69) is 0 Å². The SMILES string of the molecule is Oc1c2c(c(O)n1CC(O)CCl)CC=CC2. The monoisotopic (exact) mass is 243 g/mol. The topological polar surface area (TPSA) is 65.6 Å². The van der Waals surface area contributed by atoms with Crippen molar-refractivity contribution in [3.05, 3.63) is 23.3 Å². The van der Waals surface area contributed by atoms with E-state index in [1.165, 1.54) is 4.57 Å². The average Bonchev–Trinajstić information content (AvgIpc) is 2.55. The van der Waals surface area contributed by atoms with Gasteiger partial charge in [-0.05, 0) is 12.8 Å². The molecule has 5 heteroatoms. The van der Waals surface area contributed by atoms with E-state index in [1.807, 2.05) is 12.2 Å². The zero-order valence-corrected chi connectivity index (χ0v) is 9.48. The third-order valence-corrected chi connectivity index (χ3v) is 3.15. The van der Waals surface area contributed by atoms with Crippen molar-refractivity contribution in [2.24, 2.45) is 0 Å². The van der Waals surface area contributed by atoms with E-state index >= 15 is 0 Å². The summed E-state index contributed by atoms with van der Waals surface area (Å²) in [5.41, 5.74) is 1.48. The van der Waals surface area contributed by atoms with Crippen LogP contribution in [0.25, 0.3) is 0 Å². The van der Waals surface area contributed by atoms with Crippen molar-refractivity contribution >= 4 is 11.6 Å². The maximum Gasteiger partial charge on any atom is 0.197 e. The molecule has 0 amide bonds. The summed E-state index contributed by atoms with van der Waals surface area (Å²) < 4.78 is 1.31. The van der Waals surface area contributed by atoms with Gasteiger partial charge in [-0.1, -0.05) is 12.2 Å². The van der Waals surface area contributed by atoms with Gasteiger partial charge in [0.1, 0.15) is 0 Å². The summed E-state index contributed by atoms with van der Waals surface area (Å²) in [7, 11) is 0. The molecule has 88 valence electrons. The lowest BCUT2D eigenvalue weighted by atomic mass is 10.0. The molecule has 0 aromatic carbocycles. The molecule has 3 N–H and O–H groups in total. The Morgan fingerprint density at radius 1 is 1.19 bits per heavy atom. The molecule has 1 aliphatic rings. The smallest absolute Gasteiger partial charge is 0.197 e. The van der Waals surface area contributed by atoms with Gasteiger partial charge in [0.25, 0.3) is 0 Å². The summed E-state index contributed by atoms with van der Waals surface area (Å²) in [5, 5.41) is 29.3. The standard InChI is InChI=1S/C11H14ClNO3/c12-5-7(14)6-13-10(15)8-3-1-2-4-9(8)11(13)16/h1-2,7,14-16H,3-6H2. The van der Waals surface area contributed by atoms with Crippen LogP contribution in [0.5, 0.6) is 11.8 Å². The molecule has 0 fully saturated rings. The fourth-order valence-corrected chi connectivity index (χ4v) is 2.06. The first kappa shape index (κ1) is 11.4. The minimum atomic E-state index is -0.778. The number of alkyl halides is 1. The highest BCUT2D eigenvalue weighted by Crippen LogP contribution is 2.36. The van der Waals surface area contributed by atoms with Gasteiger partial charge in [0.2, 0.25) is 0 Å². The maximum absolute atomic E-state index is 9.91. The van der Waals surface area contributed by atoms with Crippen LogP contribution in [0, 0.1) is 0 Å². The molecule has 1 aromatic heterocycles. The van der Waals surface area contributed by atoms with Crippen LogP contribution in [0.4, 0.5) is 0 Å². The van der Waals surface area contributed by atoms with Crippen LogP contribution in [0.2, 0.25) is 0 Å². The Morgan fingerprint density at radius 2 is 1.69 bits per heavy atom. The van der Waals surface area contributed by atoms with Gasteiger partial charge in [-0.3, -0.25) is 4.57 Å². The van der Waals surface area contributed by atoms with Gasteiger partial charge < -0.3 is 15.3 Å². The molecule has 1 heterocycles. The van der Waals surface area contributed by atoms with E-state index in [9.17, 15) is 15.3 Å². The zero-order chi connectivity index (χ0) is 11.7. The van der Waals surface area contributed by atoms with Gasteiger partial charge in [-0.2, -0.15) is 0 Å². The molecular weight excluding hydrogens is 230 g/mol. The quantitative estimate of drug-likeness (QED) is 0.551. The second-order valence-corrected chi connectivity index (χ2v) is 4.21. The second-order valence-electron chi connectivity index (χ2n) is 3.90.